The zero-order valence-corrected chi connectivity index (χ0v) is 19.3. The van der Waals surface area contributed by atoms with Gasteiger partial charge in [0.05, 0.1) is 12.2 Å². The van der Waals surface area contributed by atoms with Crippen LogP contribution in [0.2, 0.25) is 5.02 Å². The molecule has 1 aliphatic rings. The molecule has 0 atom stereocenters. The van der Waals surface area contributed by atoms with Crippen LogP contribution in [0.25, 0.3) is 0 Å². The minimum atomic E-state index is -0.229. The molecule has 0 spiro atoms. The highest BCUT2D eigenvalue weighted by Crippen LogP contribution is 2.42. The fourth-order valence-corrected chi connectivity index (χ4v) is 4.55. The zero-order chi connectivity index (χ0) is 22.0. The third kappa shape index (κ3) is 5.60. The van der Waals surface area contributed by atoms with E-state index < -0.39 is 0 Å². The standard InChI is InChI=1S/C19H20ClN7O2S2/c1-10-3-6-12(7-13(10)20)21-15(28)8-14-23-26-19(27(14)2)30-9-16(29)22-18-25-24-17(31-18)11-4-5-11/h3,6-7,11H,4-5,8-9H2,1-2H3,(H,21,28)(H,22,25,29). The third-order valence-corrected chi connectivity index (χ3v) is 7.07. The Morgan fingerprint density at radius 1 is 1.19 bits per heavy atom. The summed E-state index contributed by atoms with van der Waals surface area (Å²) in [6.45, 7) is 1.90. The summed E-state index contributed by atoms with van der Waals surface area (Å²) in [7, 11) is 1.76. The second-order valence-electron chi connectivity index (χ2n) is 7.20. The maximum atomic E-state index is 12.3. The van der Waals surface area contributed by atoms with E-state index in [0.29, 0.717) is 32.7 Å². The van der Waals surface area contributed by atoms with E-state index in [0.717, 1.165) is 23.4 Å². The highest BCUT2D eigenvalue weighted by molar-refractivity contribution is 7.99. The molecular weight excluding hydrogens is 458 g/mol. The van der Waals surface area contributed by atoms with Crippen molar-refractivity contribution in [2.45, 2.75) is 37.3 Å². The van der Waals surface area contributed by atoms with Gasteiger partial charge in [-0.05, 0) is 37.5 Å². The molecule has 4 rings (SSSR count). The molecule has 1 fully saturated rings. The van der Waals surface area contributed by atoms with Gasteiger partial charge in [0.2, 0.25) is 16.9 Å². The van der Waals surface area contributed by atoms with Crippen molar-refractivity contribution in [3.63, 3.8) is 0 Å². The molecule has 2 heterocycles. The first-order valence-corrected chi connectivity index (χ1v) is 11.8. The Labute approximate surface area is 192 Å². The lowest BCUT2D eigenvalue weighted by Gasteiger charge is -2.07. The number of aryl methyl sites for hydroxylation is 1. The van der Waals surface area contributed by atoms with Gasteiger partial charge in [-0.15, -0.1) is 20.4 Å². The van der Waals surface area contributed by atoms with Gasteiger partial charge in [-0.3, -0.25) is 14.9 Å². The summed E-state index contributed by atoms with van der Waals surface area (Å²) in [6.07, 6.45) is 2.34. The van der Waals surface area contributed by atoms with Crippen molar-refractivity contribution in [1.82, 2.24) is 25.0 Å². The number of nitrogens with one attached hydrogen (secondary N) is 2. The van der Waals surface area contributed by atoms with Crippen LogP contribution in [0, 0.1) is 6.92 Å². The minimum absolute atomic E-state index is 0.0521. The van der Waals surface area contributed by atoms with E-state index in [1.807, 2.05) is 13.0 Å². The molecular formula is C19H20ClN7O2S2. The van der Waals surface area contributed by atoms with Crippen LogP contribution < -0.4 is 10.6 Å². The Kier molecular flexibility index (Phi) is 6.54. The predicted octanol–water partition coefficient (Wildman–Crippen LogP) is 3.42. The first-order chi connectivity index (χ1) is 14.9. The number of carbonyl (C=O) groups is 2. The summed E-state index contributed by atoms with van der Waals surface area (Å²) in [4.78, 5) is 24.6. The second kappa shape index (κ2) is 9.33. The Hall–Kier alpha value is -2.50. The maximum Gasteiger partial charge on any atom is 0.236 e. The number of carbonyl (C=O) groups excluding carboxylic acids is 2. The number of amides is 2. The van der Waals surface area contributed by atoms with Crippen LogP contribution in [0.3, 0.4) is 0 Å². The average molecular weight is 478 g/mol. The molecule has 1 saturated carbocycles. The second-order valence-corrected chi connectivity index (χ2v) is 9.56. The van der Waals surface area contributed by atoms with Gasteiger partial charge in [0.25, 0.3) is 0 Å². The molecule has 3 aromatic rings. The van der Waals surface area contributed by atoms with E-state index in [9.17, 15) is 9.59 Å². The lowest BCUT2D eigenvalue weighted by molar-refractivity contribution is -0.116. The molecule has 2 N–H and O–H groups in total. The summed E-state index contributed by atoms with van der Waals surface area (Å²) >= 11 is 8.76. The van der Waals surface area contributed by atoms with Crippen LogP contribution in [-0.4, -0.2) is 42.5 Å². The van der Waals surface area contributed by atoms with Crippen LogP contribution in [0.4, 0.5) is 10.8 Å². The molecule has 0 unspecified atom stereocenters. The number of hydrogen-bond donors (Lipinski definition) is 2. The molecule has 1 aliphatic carbocycles. The Morgan fingerprint density at radius 2 is 2.00 bits per heavy atom. The minimum Gasteiger partial charge on any atom is -0.326 e. The van der Waals surface area contributed by atoms with E-state index in [1.165, 1.54) is 23.1 Å². The molecule has 0 aliphatic heterocycles. The van der Waals surface area contributed by atoms with Crippen LogP contribution in [0.1, 0.15) is 35.2 Å². The molecule has 9 nitrogen and oxygen atoms in total. The van der Waals surface area contributed by atoms with E-state index >= 15 is 0 Å². The number of nitrogens with zero attached hydrogens (tertiary/aromatic N) is 5. The first kappa shape index (κ1) is 21.7. The summed E-state index contributed by atoms with van der Waals surface area (Å²) < 4.78 is 1.70. The molecule has 31 heavy (non-hydrogen) atoms. The lowest BCUT2D eigenvalue weighted by Crippen LogP contribution is -2.17. The van der Waals surface area contributed by atoms with Gasteiger partial charge in [-0.1, -0.05) is 40.8 Å². The molecule has 2 amide bonds. The summed E-state index contributed by atoms with van der Waals surface area (Å²) in [5.74, 6) is 0.736. The van der Waals surface area contributed by atoms with Crippen molar-refractivity contribution in [3.8, 4) is 0 Å². The quantitative estimate of drug-likeness (QED) is 0.477. The van der Waals surface area contributed by atoms with E-state index in [2.05, 4.69) is 31.0 Å². The first-order valence-electron chi connectivity index (χ1n) is 9.59. The van der Waals surface area contributed by atoms with Crippen LogP contribution >= 0.6 is 34.7 Å². The van der Waals surface area contributed by atoms with Gasteiger partial charge in [0, 0.05) is 23.7 Å². The number of anilines is 2. The summed E-state index contributed by atoms with van der Waals surface area (Å²) in [5, 5.41) is 24.5. The van der Waals surface area contributed by atoms with Crippen molar-refractivity contribution in [2.24, 2.45) is 7.05 Å². The van der Waals surface area contributed by atoms with Crippen LogP contribution in [0.15, 0.2) is 23.4 Å². The van der Waals surface area contributed by atoms with Gasteiger partial charge >= 0.3 is 0 Å². The molecule has 162 valence electrons. The monoisotopic (exact) mass is 477 g/mol. The fraction of sp³-hybridized carbons (Fsp3) is 0.368. The Morgan fingerprint density at radius 3 is 2.74 bits per heavy atom. The van der Waals surface area contributed by atoms with Gasteiger partial charge in [0.15, 0.2) is 5.16 Å². The topological polar surface area (TPSA) is 115 Å². The van der Waals surface area contributed by atoms with Crippen LogP contribution in [-0.2, 0) is 23.1 Å². The fourth-order valence-electron chi connectivity index (χ4n) is 2.71. The smallest absolute Gasteiger partial charge is 0.236 e. The number of hydrogen-bond acceptors (Lipinski definition) is 8. The third-order valence-electron chi connectivity index (χ3n) is 4.65. The number of halogens is 1. The van der Waals surface area contributed by atoms with Gasteiger partial charge in [-0.25, -0.2) is 0 Å². The number of benzene rings is 1. The highest BCUT2D eigenvalue weighted by atomic mass is 35.5. The summed E-state index contributed by atoms with van der Waals surface area (Å²) in [6, 6.07) is 5.34. The van der Waals surface area contributed by atoms with Crippen molar-refractivity contribution in [2.75, 3.05) is 16.4 Å². The number of rotatable bonds is 8. The van der Waals surface area contributed by atoms with E-state index in [4.69, 9.17) is 11.6 Å². The van der Waals surface area contributed by atoms with Gasteiger partial charge in [0.1, 0.15) is 10.8 Å². The maximum absolute atomic E-state index is 12.3. The predicted molar refractivity (Wildman–Crippen MR) is 121 cm³/mol. The number of thioether (sulfide) groups is 1. The van der Waals surface area contributed by atoms with Crippen molar-refractivity contribution < 1.29 is 9.59 Å². The van der Waals surface area contributed by atoms with Gasteiger partial charge in [-0.2, -0.15) is 0 Å². The SMILES string of the molecule is Cc1ccc(NC(=O)Cc2nnc(SCC(=O)Nc3nnc(C4CC4)s3)n2C)cc1Cl. The Balaban J connectivity index is 1.28. The highest BCUT2D eigenvalue weighted by Gasteiger charge is 2.27. The van der Waals surface area contributed by atoms with Crippen LogP contribution in [0.5, 0.6) is 0 Å². The Bertz CT molecular complexity index is 1130. The normalized spacial score (nSPS) is 13.3. The van der Waals surface area contributed by atoms with Crippen molar-refractivity contribution >= 4 is 57.3 Å². The van der Waals surface area contributed by atoms with Crippen molar-refractivity contribution in [1.29, 1.82) is 0 Å². The number of aromatic nitrogens is 5. The van der Waals surface area contributed by atoms with Crippen molar-refractivity contribution in [3.05, 3.63) is 39.6 Å². The zero-order valence-electron chi connectivity index (χ0n) is 16.9. The molecule has 2 aromatic heterocycles. The average Bonchev–Trinajstić information content (AvgIpc) is 3.39. The van der Waals surface area contributed by atoms with Gasteiger partial charge < -0.3 is 9.88 Å². The lowest BCUT2D eigenvalue weighted by atomic mass is 10.2. The molecule has 0 saturated heterocycles. The molecule has 12 heteroatoms. The summed E-state index contributed by atoms with van der Waals surface area (Å²) in [5.41, 5.74) is 1.56. The van der Waals surface area contributed by atoms with E-state index in [-0.39, 0.29) is 24.0 Å². The van der Waals surface area contributed by atoms with E-state index in [1.54, 1.807) is 23.7 Å². The molecule has 1 aromatic carbocycles. The molecule has 0 radical (unpaired) electrons. The largest absolute Gasteiger partial charge is 0.326 e. The molecule has 0 bridgehead atoms.